The molecule has 0 radical (unpaired) electrons. The van der Waals surface area contributed by atoms with Gasteiger partial charge in [-0.2, -0.15) is 11.8 Å². The molecule has 1 atom stereocenters. The van der Waals surface area contributed by atoms with Crippen LogP contribution in [0.5, 0.6) is 0 Å². The van der Waals surface area contributed by atoms with Crippen molar-refractivity contribution in [3.05, 3.63) is 48.0 Å². The van der Waals surface area contributed by atoms with Gasteiger partial charge in [0.25, 0.3) is 0 Å². The highest BCUT2D eigenvalue weighted by molar-refractivity contribution is 7.98. The molecule has 0 heterocycles. The lowest BCUT2D eigenvalue weighted by Crippen LogP contribution is -2.29. The van der Waals surface area contributed by atoms with Gasteiger partial charge in [0.15, 0.2) is 0 Å². The predicted octanol–water partition coefficient (Wildman–Crippen LogP) is 2.71. The highest BCUT2D eigenvalue weighted by Gasteiger charge is 2.11. The van der Waals surface area contributed by atoms with E-state index >= 15 is 0 Å². The lowest BCUT2D eigenvalue weighted by Gasteiger charge is -2.17. The average molecular weight is 232 g/mol. The van der Waals surface area contributed by atoms with Gasteiger partial charge in [-0.25, -0.2) is 0 Å². The summed E-state index contributed by atoms with van der Waals surface area (Å²) in [5.74, 6) is 6.60. The fraction of sp³-hybridized carbons (Fsp3) is 0.231. The third-order valence-corrected chi connectivity index (χ3v) is 3.40. The van der Waals surface area contributed by atoms with Crippen LogP contribution < -0.4 is 11.3 Å². The van der Waals surface area contributed by atoms with E-state index in [1.165, 1.54) is 16.3 Å². The summed E-state index contributed by atoms with van der Waals surface area (Å²) in [6.07, 6.45) is 2.09. The van der Waals surface area contributed by atoms with Crippen molar-refractivity contribution in [1.82, 2.24) is 5.43 Å². The van der Waals surface area contributed by atoms with Crippen LogP contribution in [0, 0.1) is 0 Å². The van der Waals surface area contributed by atoms with Gasteiger partial charge in [0.2, 0.25) is 0 Å². The standard InChI is InChI=1S/C13H16N2S/c1-16-9-13(15-14)12-8-4-6-10-5-2-3-7-11(10)12/h2-8,13,15H,9,14H2,1H3. The van der Waals surface area contributed by atoms with Crippen molar-refractivity contribution in [2.75, 3.05) is 12.0 Å². The number of hydrogen-bond acceptors (Lipinski definition) is 3. The van der Waals surface area contributed by atoms with Gasteiger partial charge in [-0.15, -0.1) is 0 Å². The SMILES string of the molecule is CSCC(NN)c1cccc2ccccc12. The zero-order valence-corrected chi connectivity index (χ0v) is 10.1. The summed E-state index contributed by atoms with van der Waals surface area (Å²) in [5, 5.41) is 2.54. The molecule has 2 aromatic carbocycles. The zero-order chi connectivity index (χ0) is 11.4. The van der Waals surface area contributed by atoms with Crippen LogP contribution in [-0.4, -0.2) is 12.0 Å². The van der Waals surface area contributed by atoms with E-state index in [0.29, 0.717) is 0 Å². The van der Waals surface area contributed by atoms with E-state index < -0.39 is 0 Å². The monoisotopic (exact) mass is 232 g/mol. The molecule has 84 valence electrons. The molecule has 0 saturated heterocycles. The first kappa shape index (κ1) is 11.5. The van der Waals surface area contributed by atoms with Crippen LogP contribution in [-0.2, 0) is 0 Å². The number of rotatable bonds is 4. The maximum absolute atomic E-state index is 5.62. The Morgan fingerprint density at radius 1 is 1.19 bits per heavy atom. The molecular weight excluding hydrogens is 216 g/mol. The van der Waals surface area contributed by atoms with Crippen molar-refractivity contribution < 1.29 is 0 Å². The number of fused-ring (bicyclic) bond motifs is 1. The van der Waals surface area contributed by atoms with E-state index in [1.807, 2.05) is 0 Å². The normalized spacial score (nSPS) is 12.9. The van der Waals surface area contributed by atoms with Gasteiger partial charge in [-0.05, 0) is 22.6 Å². The van der Waals surface area contributed by atoms with Crippen LogP contribution in [0.15, 0.2) is 42.5 Å². The molecule has 0 amide bonds. The molecule has 1 unspecified atom stereocenters. The number of nitrogens with one attached hydrogen (secondary N) is 1. The van der Waals surface area contributed by atoms with Crippen molar-refractivity contribution >= 4 is 22.5 Å². The number of nitrogens with two attached hydrogens (primary N) is 1. The fourth-order valence-corrected chi connectivity index (χ4v) is 2.56. The lowest BCUT2D eigenvalue weighted by atomic mass is 10.00. The van der Waals surface area contributed by atoms with E-state index in [2.05, 4.69) is 54.1 Å². The van der Waals surface area contributed by atoms with Gasteiger partial charge in [0.05, 0.1) is 6.04 Å². The Hall–Kier alpha value is -1.03. The van der Waals surface area contributed by atoms with E-state index in [0.717, 1.165) is 5.75 Å². The number of hydrazine groups is 1. The van der Waals surface area contributed by atoms with Crippen LogP contribution in [0.2, 0.25) is 0 Å². The van der Waals surface area contributed by atoms with E-state index in [1.54, 1.807) is 11.8 Å². The number of hydrogen-bond donors (Lipinski definition) is 2. The molecule has 3 heteroatoms. The summed E-state index contributed by atoms with van der Waals surface area (Å²) in [4.78, 5) is 0. The average Bonchev–Trinajstić information content (AvgIpc) is 2.35. The van der Waals surface area contributed by atoms with Crippen molar-refractivity contribution in [3.63, 3.8) is 0 Å². The smallest absolute Gasteiger partial charge is 0.0556 e. The topological polar surface area (TPSA) is 38.0 Å². The van der Waals surface area contributed by atoms with Crippen LogP contribution >= 0.6 is 11.8 Å². The first-order valence-electron chi connectivity index (χ1n) is 5.29. The molecule has 3 N–H and O–H groups in total. The Morgan fingerprint density at radius 3 is 2.69 bits per heavy atom. The van der Waals surface area contributed by atoms with E-state index in [9.17, 15) is 0 Å². The van der Waals surface area contributed by atoms with Crippen LogP contribution in [0.1, 0.15) is 11.6 Å². The third-order valence-electron chi connectivity index (χ3n) is 2.73. The molecule has 0 spiro atoms. The molecule has 0 aliphatic rings. The summed E-state index contributed by atoms with van der Waals surface area (Å²) < 4.78 is 0. The first-order valence-corrected chi connectivity index (χ1v) is 6.69. The summed E-state index contributed by atoms with van der Waals surface area (Å²) in [6, 6.07) is 15.0. The van der Waals surface area contributed by atoms with Crippen molar-refractivity contribution in [1.29, 1.82) is 0 Å². The molecule has 2 nitrogen and oxygen atoms in total. The molecule has 16 heavy (non-hydrogen) atoms. The fourth-order valence-electron chi connectivity index (χ4n) is 1.95. The lowest BCUT2D eigenvalue weighted by molar-refractivity contribution is 0.615. The van der Waals surface area contributed by atoms with Crippen molar-refractivity contribution in [2.45, 2.75) is 6.04 Å². The van der Waals surface area contributed by atoms with E-state index in [4.69, 9.17) is 5.84 Å². The Balaban J connectivity index is 2.50. The highest BCUT2D eigenvalue weighted by Crippen LogP contribution is 2.25. The quantitative estimate of drug-likeness (QED) is 0.629. The minimum Gasteiger partial charge on any atom is -0.271 e. The second kappa shape index (κ2) is 5.34. The molecule has 0 aromatic heterocycles. The number of benzene rings is 2. The van der Waals surface area contributed by atoms with Gasteiger partial charge in [-0.3, -0.25) is 11.3 Å². The molecule has 2 aromatic rings. The summed E-state index contributed by atoms with van der Waals surface area (Å²) in [7, 11) is 0. The Labute approximate surface area is 100 Å². The second-order valence-corrected chi connectivity index (χ2v) is 4.65. The minimum absolute atomic E-state index is 0.209. The largest absolute Gasteiger partial charge is 0.271 e. The molecule has 0 aliphatic heterocycles. The molecule has 0 aliphatic carbocycles. The van der Waals surface area contributed by atoms with Gasteiger partial charge in [0, 0.05) is 5.75 Å². The third kappa shape index (κ3) is 2.21. The van der Waals surface area contributed by atoms with Gasteiger partial charge in [0.1, 0.15) is 0 Å². The van der Waals surface area contributed by atoms with Gasteiger partial charge >= 0.3 is 0 Å². The first-order chi connectivity index (χ1) is 7.86. The molecule has 0 bridgehead atoms. The Morgan fingerprint density at radius 2 is 1.94 bits per heavy atom. The summed E-state index contributed by atoms with van der Waals surface area (Å²) in [6.45, 7) is 0. The van der Waals surface area contributed by atoms with Crippen molar-refractivity contribution in [3.8, 4) is 0 Å². The maximum Gasteiger partial charge on any atom is 0.0556 e. The molecule has 2 rings (SSSR count). The maximum atomic E-state index is 5.62. The predicted molar refractivity (Wildman–Crippen MR) is 72.4 cm³/mol. The Kier molecular flexibility index (Phi) is 3.83. The number of thioether (sulfide) groups is 1. The van der Waals surface area contributed by atoms with Gasteiger partial charge < -0.3 is 0 Å². The Bertz CT molecular complexity index is 465. The molecule has 0 fully saturated rings. The van der Waals surface area contributed by atoms with Crippen LogP contribution in [0.3, 0.4) is 0 Å². The van der Waals surface area contributed by atoms with Crippen LogP contribution in [0.25, 0.3) is 10.8 Å². The highest BCUT2D eigenvalue weighted by atomic mass is 32.2. The zero-order valence-electron chi connectivity index (χ0n) is 9.31. The summed E-state index contributed by atoms with van der Waals surface area (Å²) >= 11 is 1.80. The van der Waals surface area contributed by atoms with Gasteiger partial charge in [-0.1, -0.05) is 42.5 Å². The second-order valence-electron chi connectivity index (χ2n) is 3.74. The van der Waals surface area contributed by atoms with Crippen molar-refractivity contribution in [2.24, 2.45) is 5.84 Å². The van der Waals surface area contributed by atoms with E-state index in [-0.39, 0.29) is 6.04 Å². The summed E-state index contributed by atoms with van der Waals surface area (Å²) in [5.41, 5.74) is 4.16. The minimum atomic E-state index is 0.209. The molecular formula is C13H16N2S. The van der Waals surface area contributed by atoms with Crippen LogP contribution in [0.4, 0.5) is 0 Å². The molecule has 0 saturated carbocycles.